The maximum atomic E-state index is 11.7. The van der Waals surface area contributed by atoms with Crippen LogP contribution in [-0.4, -0.2) is 29.2 Å². The summed E-state index contributed by atoms with van der Waals surface area (Å²) in [5.74, 6) is -0.338. The van der Waals surface area contributed by atoms with Crippen molar-refractivity contribution in [3.63, 3.8) is 0 Å². The molecule has 0 heterocycles. The highest BCUT2D eigenvalue weighted by molar-refractivity contribution is 5.74. The van der Waals surface area contributed by atoms with Crippen LogP contribution in [0, 0.1) is 11.8 Å². The Morgan fingerprint density at radius 1 is 1.26 bits per heavy atom. The van der Waals surface area contributed by atoms with Gasteiger partial charge in [0.2, 0.25) is 0 Å². The van der Waals surface area contributed by atoms with E-state index in [9.17, 15) is 9.59 Å². The molecular weight excluding hydrogens is 244 g/mol. The lowest BCUT2D eigenvalue weighted by atomic mass is 9.82. The molecule has 5 heteroatoms. The lowest BCUT2D eigenvalue weighted by Crippen LogP contribution is -2.49. The Hall–Kier alpha value is -1.26. The number of carboxylic acid groups (broad SMARTS) is 1. The second-order valence-corrected chi connectivity index (χ2v) is 5.96. The number of rotatable bonds is 7. The van der Waals surface area contributed by atoms with Gasteiger partial charge in [0.15, 0.2) is 0 Å². The maximum Gasteiger partial charge on any atom is 0.315 e. The van der Waals surface area contributed by atoms with Crippen LogP contribution in [0.4, 0.5) is 4.79 Å². The average molecular weight is 270 g/mol. The number of hydrogen-bond donors (Lipinski definition) is 3. The van der Waals surface area contributed by atoms with Crippen LogP contribution in [-0.2, 0) is 4.79 Å². The fourth-order valence-electron chi connectivity index (χ4n) is 2.40. The number of aliphatic carboxylic acids is 1. The number of amides is 2. The first kappa shape index (κ1) is 15.8. The van der Waals surface area contributed by atoms with Crippen LogP contribution < -0.4 is 10.6 Å². The molecule has 0 aromatic rings. The molecule has 1 saturated carbocycles. The molecule has 1 rings (SSSR count). The predicted molar refractivity (Wildman–Crippen MR) is 74.0 cm³/mol. The number of hydrogen-bond acceptors (Lipinski definition) is 2. The molecule has 0 aliphatic heterocycles. The Morgan fingerprint density at radius 3 is 2.42 bits per heavy atom. The standard InChI is InChI=1S/C14H26N2O3/c1-9-7-12(8-9)16-14(19)15-11(3)6-4-5-10(2)13(17)18/h9-12H,4-8H2,1-3H3,(H,17,18)(H2,15,16,19). The highest BCUT2D eigenvalue weighted by atomic mass is 16.4. The van der Waals surface area contributed by atoms with Crippen molar-refractivity contribution in [1.82, 2.24) is 10.6 Å². The van der Waals surface area contributed by atoms with E-state index in [0.717, 1.165) is 31.6 Å². The van der Waals surface area contributed by atoms with Crippen LogP contribution in [0.1, 0.15) is 52.9 Å². The molecule has 0 spiro atoms. The zero-order chi connectivity index (χ0) is 14.4. The smallest absolute Gasteiger partial charge is 0.315 e. The molecule has 2 amide bonds. The molecule has 2 atom stereocenters. The number of carbonyl (C=O) groups is 2. The highest BCUT2D eigenvalue weighted by Crippen LogP contribution is 2.26. The van der Waals surface area contributed by atoms with E-state index < -0.39 is 5.97 Å². The molecule has 1 aliphatic rings. The van der Waals surface area contributed by atoms with Gasteiger partial charge in [0.25, 0.3) is 0 Å². The molecule has 0 radical (unpaired) electrons. The Balaban J connectivity index is 2.08. The van der Waals surface area contributed by atoms with Crippen molar-refractivity contribution in [2.75, 3.05) is 0 Å². The first-order chi connectivity index (χ1) is 8.88. The molecule has 0 bridgehead atoms. The Morgan fingerprint density at radius 2 is 1.89 bits per heavy atom. The summed E-state index contributed by atoms with van der Waals surface area (Å²) < 4.78 is 0. The third-order valence-corrected chi connectivity index (χ3v) is 3.78. The van der Waals surface area contributed by atoms with Gasteiger partial charge >= 0.3 is 12.0 Å². The van der Waals surface area contributed by atoms with Crippen LogP contribution >= 0.6 is 0 Å². The molecule has 5 nitrogen and oxygen atoms in total. The number of urea groups is 1. The van der Waals surface area contributed by atoms with E-state index in [2.05, 4.69) is 17.6 Å². The average Bonchev–Trinajstić information content (AvgIpc) is 2.26. The van der Waals surface area contributed by atoms with E-state index in [-0.39, 0.29) is 18.0 Å². The van der Waals surface area contributed by atoms with Crippen molar-refractivity contribution in [3.8, 4) is 0 Å². The Bertz CT molecular complexity index is 314. The van der Waals surface area contributed by atoms with Gasteiger partial charge in [0, 0.05) is 12.1 Å². The monoisotopic (exact) mass is 270 g/mol. The van der Waals surface area contributed by atoms with Gasteiger partial charge < -0.3 is 15.7 Å². The van der Waals surface area contributed by atoms with Gasteiger partial charge in [-0.25, -0.2) is 4.79 Å². The van der Waals surface area contributed by atoms with Gasteiger partial charge in [-0.05, 0) is 38.5 Å². The third kappa shape index (κ3) is 5.94. The maximum absolute atomic E-state index is 11.7. The van der Waals surface area contributed by atoms with Crippen molar-refractivity contribution < 1.29 is 14.7 Å². The molecule has 0 aromatic heterocycles. The lowest BCUT2D eigenvalue weighted by molar-refractivity contribution is -0.141. The van der Waals surface area contributed by atoms with E-state index in [4.69, 9.17) is 5.11 Å². The normalized spacial score (nSPS) is 25.0. The number of nitrogens with one attached hydrogen (secondary N) is 2. The van der Waals surface area contributed by atoms with E-state index in [0.29, 0.717) is 12.5 Å². The summed E-state index contributed by atoms with van der Waals surface area (Å²) in [6.07, 6.45) is 4.42. The fraction of sp³-hybridized carbons (Fsp3) is 0.857. The summed E-state index contributed by atoms with van der Waals surface area (Å²) in [5.41, 5.74) is 0. The predicted octanol–water partition coefficient (Wildman–Crippen LogP) is 2.36. The minimum Gasteiger partial charge on any atom is -0.481 e. The third-order valence-electron chi connectivity index (χ3n) is 3.78. The van der Waals surface area contributed by atoms with Crippen molar-refractivity contribution in [2.24, 2.45) is 11.8 Å². The van der Waals surface area contributed by atoms with Crippen LogP contribution in [0.25, 0.3) is 0 Å². The summed E-state index contributed by atoms with van der Waals surface area (Å²) in [6, 6.07) is 0.309. The van der Waals surface area contributed by atoms with Crippen LogP contribution in [0.15, 0.2) is 0 Å². The first-order valence-corrected chi connectivity index (χ1v) is 7.18. The molecule has 19 heavy (non-hydrogen) atoms. The Labute approximate surface area is 115 Å². The highest BCUT2D eigenvalue weighted by Gasteiger charge is 2.26. The summed E-state index contributed by atoms with van der Waals surface area (Å²) in [4.78, 5) is 22.3. The summed E-state index contributed by atoms with van der Waals surface area (Å²) >= 11 is 0. The van der Waals surface area contributed by atoms with Crippen molar-refractivity contribution >= 4 is 12.0 Å². The topological polar surface area (TPSA) is 78.4 Å². The SMILES string of the molecule is CC1CC(NC(=O)NC(C)CCCC(C)C(=O)O)C1. The van der Waals surface area contributed by atoms with Crippen LogP contribution in [0.3, 0.4) is 0 Å². The van der Waals surface area contributed by atoms with E-state index >= 15 is 0 Å². The first-order valence-electron chi connectivity index (χ1n) is 7.18. The summed E-state index contributed by atoms with van der Waals surface area (Å²) in [5, 5.41) is 14.6. The minimum absolute atomic E-state index is 0.0819. The zero-order valence-corrected chi connectivity index (χ0v) is 12.1. The molecule has 1 fully saturated rings. The van der Waals surface area contributed by atoms with Gasteiger partial charge in [-0.3, -0.25) is 4.79 Å². The largest absolute Gasteiger partial charge is 0.481 e. The number of carbonyl (C=O) groups excluding carboxylic acids is 1. The Kier molecular flexibility index (Phi) is 6.12. The van der Waals surface area contributed by atoms with Crippen molar-refractivity contribution in [3.05, 3.63) is 0 Å². The second kappa shape index (κ2) is 7.36. The molecule has 1 aliphatic carbocycles. The molecule has 3 N–H and O–H groups in total. The van der Waals surface area contributed by atoms with E-state index in [1.165, 1.54) is 0 Å². The van der Waals surface area contributed by atoms with Gasteiger partial charge in [-0.2, -0.15) is 0 Å². The van der Waals surface area contributed by atoms with Crippen molar-refractivity contribution in [1.29, 1.82) is 0 Å². The van der Waals surface area contributed by atoms with E-state index in [1.807, 2.05) is 6.92 Å². The summed E-state index contributed by atoms with van der Waals surface area (Å²) in [6.45, 7) is 5.85. The number of carboxylic acids is 1. The molecule has 0 aromatic carbocycles. The fourth-order valence-corrected chi connectivity index (χ4v) is 2.40. The summed E-state index contributed by atoms with van der Waals surface area (Å²) in [7, 11) is 0. The van der Waals surface area contributed by atoms with Gasteiger partial charge in [0.1, 0.15) is 0 Å². The van der Waals surface area contributed by atoms with Crippen LogP contribution in [0.5, 0.6) is 0 Å². The molecular formula is C14H26N2O3. The minimum atomic E-state index is -0.752. The van der Waals surface area contributed by atoms with Gasteiger partial charge in [0.05, 0.1) is 5.92 Å². The van der Waals surface area contributed by atoms with Crippen molar-refractivity contribution in [2.45, 2.75) is 65.0 Å². The molecule has 0 saturated heterocycles. The zero-order valence-electron chi connectivity index (χ0n) is 12.1. The lowest BCUT2D eigenvalue weighted by Gasteiger charge is -2.33. The molecule has 110 valence electrons. The molecule has 2 unspecified atom stereocenters. The quantitative estimate of drug-likeness (QED) is 0.664. The van der Waals surface area contributed by atoms with Crippen LogP contribution in [0.2, 0.25) is 0 Å². The van der Waals surface area contributed by atoms with Gasteiger partial charge in [-0.15, -0.1) is 0 Å². The van der Waals surface area contributed by atoms with Gasteiger partial charge in [-0.1, -0.05) is 20.3 Å². The van der Waals surface area contributed by atoms with E-state index in [1.54, 1.807) is 6.92 Å². The second-order valence-electron chi connectivity index (χ2n) is 5.96.